The molecular weight excluding hydrogens is 318 g/mol. The Hall–Kier alpha value is -1.92. The second kappa shape index (κ2) is 6.42. The number of rotatable bonds is 5. The van der Waals surface area contributed by atoms with Gasteiger partial charge in [-0.2, -0.15) is 0 Å². The first kappa shape index (κ1) is 16.5. The van der Waals surface area contributed by atoms with Gasteiger partial charge in [-0.25, -0.2) is 0 Å². The second-order valence-corrected chi connectivity index (χ2v) is 7.03. The molecule has 0 saturated carbocycles. The summed E-state index contributed by atoms with van der Waals surface area (Å²) in [5, 5.41) is 6.00. The number of nitrogens with zero attached hydrogens (tertiary/aromatic N) is 1. The van der Waals surface area contributed by atoms with Crippen LogP contribution in [0.1, 0.15) is 31.7 Å². The number of benzene rings is 1. The highest BCUT2D eigenvalue weighted by Gasteiger charge is 2.65. The Morgan fingerprint density at radius 3 is 3.12 bits per heavy atom. The van der Waals surface area contributed by atoms with E-state index in [1.807, 2.05) is 31.2 Å². The van der Waals surface area contributed by atoms with E-state index in [9.17, 15) is 9.59 Å². The summed E-state index contributed by atoms with van der Waals surface area (Å²) in [6.07, 6.45) is 2.88. The van der Waals surface area contributed by atoms with E-state index in [4.69, 9.17) is 4.74 Å². The predicted octanol–water partition coefficient (Wildman–Crippen LogP) is 1.47. The van der Waals surface area contributed by atoms with E-state index in [2.05, 4.69) is 15.5 Å². The molecule has 25 heavy (non-hydrogen) atoms. The maximum absolute atomic E-state index is 13.1. The van der Waals surface area contributed by atoms with Crippen LogP contribution in [0.15, 0.2) is 24.3 Å². The Balaban J connectivity index is 1.67. The van der Waals surface area contributed by atoms with E-state index in [0.29, 0.717) is 25.8 Å². The van der Waals surface area contributed by atoms with Crippen molar-refractivity contribution < 1.29 is 14.3 Å². The van der Waals surface area contributed by atoms with Crippen LogP contribution >= 0.6 is 0 Å². The van der Waals surface area contributed by atoms with Crippen molar-refractivity contribution >= 4 is 17.5 Å². The van der Waals surface area contributed by atoms with E-state index < -0.39 is 5.54 Å². The summed E-state index contributed by atoms with van der Waals surface area (Å²) in [5.74, 6) is -0.452. The van der Waals surface area contributed by atoms with Crippen LogP contribution in [-0.4, -0.2) is 49.1 Å². The van der Waals surface area contributed by atoms with E-state index in [0.717, 1.165) is 37.1 Å². The van der Waals surface area contributed by atoms with E-state index in [1.54, 1.807) is 0 Å². The van der Waals surface area contributed by atoms with Gasteiger partial charge in [0.2, 0.25) is 11.8 Å². The first-order valence-corrected chi connectivity index (χ1v) is 9.22. The Morgan fingerprint density at radius 2 is 2.28 bits per heavy atom. The van der Waals surface area contributed by atoms with Gasteiger partial charge in [-0.1, -0.05) is 18.2 Å². The summed E-state index contributed by atoms with van der Waals surface area (Å²) in [6, 6.07) is 8.10. The molecule has 3 heterocycles. The van der Waals surface area contributed by atoms with Crippen LogP contribution < -0.4 is 10.6 Å². The summed E-state index contributed by atoms with van der Waals surface area (Å²) in [6.45, 7) is 4.41. The monoisotopic (exact) mass is 343 g/mol. The number of carbonyl (C=O) groups excluding carboxylic acids is 2. The van der Waals surface area contributed by atoms with Gasteiger partial charge in [0.1, 0.15) is 5.54 Å². The minimum Gasteiger partial charge on any atom is -0.380 e. The molecule has 6 heteroatoms. The lowest BCUT2D eigenvalue weighted by Crippen LogP contribution is -2.54. The smallest absolute Gasteiger partial charge is 0.250 e. The number of carbonyl (C=O) groups is 2. The molecule has 0 radical (unpaired) electrons. The van der Waals surface area contributed by atoms with Crippen molar-refractivity contribution in [2.75, 3.05) is 31.6 Å². The van der Waals surface area contributed by atoms with Crippen LogP contribution in [0.4, 0.5) is 5.69 Å². The Kier molecular flexibility index (Phi) is 4.25. The molecule has 0 aliphatic carbocycles. The van der Waals surface area contributed by atoms with Crippen LogP contribution in [0, 0.1) is 5.92 Å². The highest BCUT2D eigenvalue weighted by Crippen LogP contribution is 2.55. The largest absolute Gasteiger partial charge is 0.380 e. The normalized spacial score (nSPS) is 30.4. The maximum atomic E-state index is 13.1. The Labute approximate surface area is 147 Å². The number of hydrogen-bond donors (Lipinski definition) is 2. The number of fused-ring (bicyclic) bond motifs is 4. The molecule has 2 saturated heterocycles. The Bertz CT molecular complexity index is 692. The van der Waals surface area contributed by atoms with Gasteiger partial charge in [-0.15, -0.1) is 0 Å². The van der Waals surface area contributed by atoms with E-state index in [-0.39, 0.29) is 17.7 Å². The number of ether oxygens (including phenoxy) is 1. The fraction of sp³-hybridized carbons (Fsp3) is 0.579. The zero-order valence-corrected chi connectivity index (χ0v) is 14.6. The third kappa shape index (κ3) is 2.39. The molecule has 3 atom stereocenters. The molecule has 1 spiro atoms. The molecule has 6 nitrogen and oxygen atoms in total. The third-order valence-electron chi connectivity index (χ3n) is 5.84. The molecule has 2 N–H and O–H groups in total. The number of amides is 2. The molecule has 0 aromatic heterocycles. The summed E-state index contributed by atoms with van der Waals surface area (Å²) in [4.78, 5) is 28.4. The molecule has 2 amide bonds. The van der Waals surface area contributed by atoms with Crippen molar-refractivity contribution in [1.82, 2.24) is 10.2 Å². The van der Waals surface area contributed by atoms with Gasteiger partial charge in [0, 0.05) is 30.4 Å². The van der Waals surface area contributed by atoms with E-state index in [1.165, 1.54) is 0 Å². The lowest BCUT2D eigenvalue weighted by Gasteiger charge is -2.36. The average molecular weight is 343 g/mol. The van der Waals surface area contributed by atoms with Gasteiger partial charge in [0.05, 0.1) is 12.5 Å². The number of hydrogen-bond acceptors (Lipinski definition) is 4. The number of anilines is 1. The quantitative estimate of drug-likeness (QED) is 0.795. The first-order chi connectivity index (χ1) is 12.2. The molecular formula is C19H25N3O3. The first-order valence-electron chi connectivity index (χ1n) is 9.22. The summed E-state index contributed by atoms with van der Waals surface area (Å²) in [5.41, 5.74) is 0.939. The van der Waals surface area contributed by atoms with Crippen molar-refractivity contribution in [2.45, 2.75) is 37.8 Å². The summed E-state index contributed by atoms with van der Waals surface area (Å²) >= 11 is 0. The molecule has 0 bridgehead atoms. The molecule has 0 unspecified atom stereocenters. The standard InChI is InChI=1S/C19H25N3O3/c1-2-25-11-9-20-17(23)15-12-13-6-5-10-22(13)19(15)14-7-3-4-8-16(14)21-18(19)24/h3-4,7-8,13,15H,2,5-6,9-12H2,1H3,(H,20,23)(H,21,24)/t13-,15+,19+/m1/s1. The lowest BCUT2D eigenvalue weighted by molar-refractivity contribution is -0.137. The van der Waals surface area contributed by atoms with Crippen molar-refractivity contribution in [3.63, 3.8) is 0 Å². The van der Waals surface area contributed by atoms with Gasteiger partial charge in [0.25, 0.3) is 0 Å². The van der Waals surface area contributed by atoms with Crippen LogP contribution in [0.3, 0.4) is 0 Å². The molecule has 1 aromatic carbocycles. The molecule has 4 rings (SSSR count). The van der Waals surface area contributed by atoms with Gasteiger partial charge in [-0.05, 0) is 38.8 Å². The number of para-hydroxylation sites is 1. The fourth-order valence-corrected chi connectivity index (χ4v) is 4.89. The number of nitrogens with one attached hydrogen (secondary N) is 2. The highest BCUT2D eigenvalue weighted by atomic mass is 16.5. The average Bonchev–Trinajstić information content (AvgIpc) is 3.26. The van der Waals surface area contributed by atoms with Gasteiger partial charge in [0.15, 0.2) is 0 Å². The van der Waals surface area contributed by atoms with E-state index >= 15 is 0 Å². The fourth-order valence-electron chi connectivity index (χ4n) is 4.89. The van der Waals surface area contributed by atoms with Crippen LogP contribution in [0.2, 0.25) is 0 Å². The van der Waals surface area contributed by atoms with Gasteiger partial charge in [-0.3, -0.25) is 14.5 Å². The minimum absolute atomic E-state index is 0.0408. The van der Waals surface area contributed by atoms with Crippen molar-refractivity contribution in [1.29, 1.82) is 0 Å². The third-order valence-corrected chi connectivity index (χ3v) is 5.84. The molecule has 1 aromatic rings. The predicted molar refractivity (Wildman–Crippen MR) is 94.1 cm³/mol. The molecule has 134 valence electrons. The van der Waals surface area contributed by atoms with Crippen LogP contribution in [0.25, 0.3) is 0 Å². The summed E-state index contributed by atoms with van der Waals surface area (Å²) in [7, 11) is 0. The van der Waals surface area contributed by atoms with Crippen molar-refractivity contribution in [3.8, 4) is 0 Å². The SMILES string of the molecule is CCOCCNC(=O)[C@@H]1C[C@H]2CCCN2[C@]12C(=O)Nc1ccccc12. The van der Waals surface area contributed by atoms with Crippen molar-refractivity contribution in [2.24, 2.45) is 5.92 Å². The zero-order valence-electron chi connectivity index (χ0n) is 14.6. The Morgan fingerprint density at radius 1 is 1.44 bits per heavy atom. The molecule has 2 fully saturated rings. The van der Waals surface area contributed by atoms with Crippen LogP contribution in [0.5, 0.6) is 0 Å². The summed E-state index contributed by atoms with van der Waals surface area (Å²) < 4.78 is 5.31. The zero-order chi connectivity index (χ0) is 17.4. The maximum Gasteiger partial charge on any atom is 0.250 e. The second-order valence-electron chi connectivity index (χ2n) is 7.03. The highest BCUT2D eigenvalue weighted by molar-refractivity contribution is 6.09. The lowest BCUT2D eigenvalue weighted by atomic mass is 9.78. The minimum atomic E-state index is -0.854. The van der Waals surface area contributed by atoms with Gasteiger partial charge < -0.3 is 15.4 Å². The molecule has 3 aliphatic rings. The van der Waals surface area contributed by atoms with Crippen molar-refractivity contribution in [3.05, 3.63) is 29.8 Å². The van der Waals surface area contributed by atoms with Gasteiger partial charge >= 0.3 is 0 Å². The topological polar surface area (TPSA) is 70.7 Å². The van der Waals surface area contributed by atoms with Crippen LogP contribution in [-0.2, 0) is 19.9 Å². The molecule has 3 aliphatic heterocycles.